The van der Waals surface area contributed by atoms with Crippen molar-refractivity contribution in [2.45, 2.75) is 32.4 Å². The van der Waals surface area contributed by atoms with Gasteiger partial charge in [0.05, 0.1) is 11.6 Å². The average Bonchev–Trinajstić information content (AvgIpc) is 3.43. The first-order valence-corrected chi connectivity index (χ1v) is 8.68. The van der Waals surface area contributed by atoms with Gasteiger partial charge in [0.25, 0.3) is 5.91 Å². The number of nitrogens with one attached hydrogen (secondary N) is 1. The Morgan fingerprint density at radius 2 is 1.96 bits per heavy atom. The number of para-hydroxylation sites is 1. The van der Waals surface area contributed by atoms with Crippen molar-refractivity contribution < 1.29 is 9.59 Å². The average molecular weight is 340 g/mol. The van der Waals surface area contributed by atoms with Gasteiger partial charge in [0.15, 0.2) is 5.69 Å². The number of fused-ring (bicyclic) bond motifs is 1. The number of hydrogen-bond donors (Lipinski definition) is 1. The Bertz CT molecular complexity index is 910. The molecule has 2 aliphatic rings. The summed E-state index contributed by atoms with van der Waals surface area (Å²) >= 11 is 0. The third-order valence-corrected chi connectivity index (χ3v) is 4.83. The van der Waals surface area contributed by atoms with Crippen LogP contribution in [0.5, 0.6) is 0 Å². The van der Waals surface area contributed by atoms with Crippen molar-refractivity contribution >= 4 is 22.7 Å². The van der Waals surface area contributed by atoms with E-state index in [-0.39, 0.29) is 34.9 Å². The monoisotopic (exact) mass is 340 g/mol. The predicted molar refractivity (Wildman–Crippen MR) is 92.2 cm³/mol. The van der Waals surface area contributed by atoms with Crippen LogP contribution in [-0.4, -0.2) is 45.6 Å². The number of carbonyl (C=O) groups excluding carboxylic acids is 2. The van der Waals surface area contributed by atoms with E-state index in [4.69, 9.17) is 0 Å². The topological polar surface area (TPSA) is 84.3 Å². The highest BCUT2D eigenvalue weighted by molar-refractivity contribution is 5.96. The molecule has 4 rings (SSSR count). The number of hydrogen-bond acceptors (Lipinski definition) is 4. The van der Waals surface area contributed by atoms with Gasteiger partial charge in [0.1, 0.15) is 0 Å². The molecular weight excluding hydrogens is 320 g/mol. The van der Waals surface area contributed by atoms with Gasteiger partial charge in [0, 0.05) is 30.9 Å². The normalized spacial score (nSPS) is 17.4. The standard InChI is InChI=1S/C18H20N4O3/c1-2-22-14-6-4-3-5-13(14)16(23)15(20-22)18(25)21-9-12(10-21)19-17(24)11-7-8-11/h3-6,11-12H,2,7-10H2,1H3,(H,19,24). The largest absolute Gasteiger partial charge is 0.350 e. The first-order chi connectivity index (χ1) is 12.1. The smallest absolute Gasteiger partial charge is 0.278 e. The molecule has 2 fully saturated rings. The maximum atomic E-state index is 12.7. The fourth-order valence-electron chi connectivity index (χ4n) is 3.17. The highest BCUT2D eigenvalue weighted by Crippen LogP contribution is 2.29. The van der Waals surface area contributed by atoms with Crippen LogP contribution in [0, 0.1) is 5.92 Å². The third kappa shape index (κ3) is 2.79. The molecule has 0 spiro atoms. The van der Waals surface area contributed by atoms with Crippen LogP contribution < -0.4 is 10.7 Å². The van der Waals surface area contributed by atoms with Crippen molar-refractivity contribution in [2.75, 3.05) is 13.1 Å². The fraction of sp³-hybridized carbons (Fsp3) is 0.444. The van der Waals surface area contributed by atoms with Crippen molar-refractivity contribution in [3.63, 3.8) is 0 Å². The molecule has 1 saturated carbocycles. The number of rotatable bonds is 4. The van der Waals surface area contributed by atoms with Gasteiger partial charge in [-0.1, -0.05) is 12.1 Å². The number of aryl methyl sites for hydroxylation is 1. The van der Waals surface area contributed by atoms with Gasteiger partial charge in [0.2, 0.25) is 11.3 Å². The number of likely N-dealkylation sites (tertiary alicyclic amines) is 1. The molecule has 7 nitrogen and oxygen atoms in total. The van der Waals surface area contributed by atoms with Crippen molar-refractivity contribution in [3.8, 4) is 0 Å². The maximum Gasteiger partial charge on any atom is 0.278 e. The molecule has 1 aliphatic heterocycles. The Labute approximate surface area is 144 Å². The summed E-state index contributed by atoms with van der Waals surface area (Å²) < 4.78 is 1.68. The van der Waals surface area contributed by atoms with Gasteiger partial charge >= 0.3 is 0 Å². The van der Waals surface area contributed by atoms with Crippen LogP contribution in [0.3, 0.4) is 0 Å². The van der Waals surface area contributed by atoms with E-state index in [0.29, 0.717) is 25.0 Å². The molecule has 1 N–H and O–H groups in total. The van der Waals surface area contributed by atoms with Crippen LogP contribution in [0.4, 0.5) is 0 Å². The van der Waals surface area contributed by atoms with E-state index in [9.17, 15) is 14.4 Å². The number of nitrogens with zero attached hydrogens (tertiary/aromatic N) is 3. The molecule has 1 aliphatic carbocycles. The maximum absolute atomic E-state index is 12.7. The van der Waals surface area contributed by atoms with Crippen LogP contribution in [0.2, 0.25) is 0 Å². The van der Waals surface area contributed by atoms with Crippen LogP contribution in [-0.2, 0) is 11.3 Å². The van der Waals surface area contributed by atoms with E-state index in [2.05, 4.69) is 10.4 Å². The lowest BCUT2D eigenvalue weighted by Gasteiger charge is -2.39. The summed E-state index contributed by atoms with van der Waals surface area (Å²) in [5, 5.41) is 7.72. The Kier molecular flexibility index (Phi) is 3.78. The van der Waals surface area contributed by atoms with Gasteiger partial charge in [-0.15, -0.1) is 0 Å². The molecule has 0 bridgehead atoms. The lowest BCUT2D eigenvalue weighted by Crippen LogP contribution is -2.61. The van der Waals surface area contributed by atoms with Crippen molar-refractivity contribution in [2.24, 2.45) is 5.92 Å². The second-order valence-corrected chi connectivity index (χ2v) is 6.70. The zero-order chi connectivity index (χ0) is 17.6. The van der Waals surface area contributed by atoms with E-state index in [0.717, 1.165) is 18.4 Å². The first kappa shape index (κ1) is 15.8. The molecule has 2 heterocycles. The Balaban J connectivity index is 1.54. The highest BCUT2D eigenvalue weighted by Gasteiger charge is 2.37. The fourth-order valence-corrected chi connectivity index (χ4v) is 3.17. The molecule has 0 unspecified atom stereocenters. The van der Waals surface area contributed by atoms with E-state index in [1.807, 2.05) is 19.1 Å². The molecule has 1 saturated heterocycles. The molecule has 130 valence electrons. The molecule has 2 aromatic rings. The summed E-state index contributed by atoms with van der Waals surface area (Å²) in [5.74, 6) is -0.132. The van der Waals surface area contributed by atoms with Gasteiger partial charge in [-0.05, 0) is 31.9 Å². The third-order valence-electron chi connectivity index (χ3n) is 4.83. The van der Waals surface area contributed by atoms with E-state index >= 15 is 0 Å². The molecule has 1 aromatic heterocycles. The number of aromatic nitrogens is 2. The molecule has 25 heavy (non-hydrogen) atoms. The molecule has 0 radical (unpaired) electrons. The zero-order valence-electron chi connectivity index (χ0n) is 14.1. The summed E-state index contributed by atoms with van der Waals surface area (Å²) in [5.41, 5.74) is 0.341. The SMILES string of the molecule is CCn1nc(C(=O)N2CC(NC(=O)C3CC3)C2)c(=O)c2ccccc21. The van der Waals surface area contributed by atoms with Crippen molar-refractivity contribution in [1.29, 1.82) is 0 Å². The highest BCUT2D eigenvalue weighted by atomic mass is 16.2. The molecule has 1 aromatic carbocycles. The van der Waals surface area contributed by atoms with Gasteiger partial charge in [-0.3, -0.25) is 19.1 Å². The lowest BCUT2D eigenvalue weighted by molar-refractivity contribution is -0.123. The quantitative estimate of drug-likeness (QED) is 0.891. The number of carbonyl (C=O) groups is 2. The van der Waals surface area contributed by atoms with Gasteiger partial charge < -0.3 is 10.2 Å². The van der Waals surface area contributed by atoms with Crippen LogP contribution in [0.25, 0.3) is 10.9 Å². The number of amides is 2. The lowest BCUT2D eigenvalue weighted by atomic mass is 10.1. The summed E-state index contributed by atoms with van der Waals surface area (Å²) in [4.78, 5) is 38.6. The minimum Gasteiger partial charge on any atom is -0.350 e. The minimum absolute atomic E-state index is 0.0223. The Hall–Kier alpha value is -2.70. The minimum atomic E-state index is -0.366. The summed E-state index contributed by atoms with van der Waals surface area (Å²) in [6.45, 7) is 3.35. The zero-order valence-corrected chi connectivity index (χ0v) is 14.1. The predicted octanol–water partition coefficient (Wildman–Crippen LogP) is 0.767. The van der Waals surface area contributed by atoms with E-state index in [1.54, 1.807) is 21.7 Å². The Morgan fingerprint density at radius 1 is 1.24 bits per heavy atom. The van der Waals surface area contributed by atoms with Crippen LogP contribution in [0.15, 0.2) is 29.1 Å². The molecular formula is C18H20N4O3. The van der Waals surface area contributed by atoms with Crippen molar-refractivity contribution in [3.05, 3.63) is 40.2 Å². The molecule has 0 atom stereocenters. The van der Waals surface area contributed by atoms with Gasteiger partial charge in [-0.25, -0.2) is 0 Å². The van der Waals surface area contributed by atoms with E-state index < -0.39 is 0 Å². The Morgan fingerprint density at radius 3 is 2.64 bits per heavy atom. The van der Waals surface area contributed by atoms with Crippen molar-refractivity contribution in [1.82, 2.24) is 20.0 Å². The summed E-state index contributed by atoms with van der Waals surface area (Å²) in [6.07, 6.45) is 1.91. The summed E-state index contributed by atoms with van der Waals surface area (Å²) in [6, 6.07) is 7.15. The second kappa shape index (κ2) is 5.98. The van der Waals surface area contributed by atoms with Crippen LogP contribution in [0.1, 0.15) is 30.3 Å². The number of benzene rings is 1. The van der Waals surface area contributed by atoms with Gasteiger partial charge in [-0.2, -0.15) is 5.10 Å². The second-order valence-electron chi connectivity index (χ2n) is 6.70. The van der Waals surface area contributed by atoms with Crippen LogP contribution >= 0.6 is 0 Å². The van der Waals surface area contributed by atoms with E-state index in [1.165, 1.54) is 0 Å². The summed E-state index contributed by atoms with van der Waals surface area (Å²) in [7, 11) is 0. The molecule has 7 heteroatoms. The molecule has 2 amide bonds. The first-order valence-electron chi connectivity index (χ1n) is 8.68.